The lowest BCUT2D eigenvalue weighted by Crippen LogP contribution is -2.18. The van der Waals surface area contributed by atoms with Crippen molar-refractivity contribution in [3.05, 3.63) is 89.0 Å². The number of ketones is 1. The third-order valence-corrected chi connectivity index (χ3v) is 9.61. The van der Waals surface area contributed by atoms with Crippen LogP contribution in [-0.4, -0.2) is 20.8 Å². The molecule has 5 heteroatoms. The van der Waals surface area contributed by atoms with Crippen molar-refractivity contribution >= 4 is 15.9 Å². The summed E-state index contributed by atoms with van der Waals surface area (Å²) in [6.07, 6.45) is 10.9. The Balaban J connectivity index is 0.000000156. The summed E-state index contributed by atoms with van der Waals surface area (Å²) >= 11 is 0. The van der Waals surface area contributed by atoms with E-state index in [0.717, 1.165) is 44.1 Å². The lowest BCUT2D eigenvalue weighted by Gasteiger charge is -2.23. The van der Waals surface area contributed by atoms with Gasteiger partial charge in [0.2, 0.25) is 0 Å². The van der Waals surface area contributed by atoms with Gasteiger partial charge >= 0.3 is 0 Å². The average molecular weight is 531 g/mol. The zero-order valence-corrected chi connectivity index (χ0v) is 23.1. The van der Waals surface area contributed by atoms with Crippen LogP contribution in [0, 0.1) is 12.8 Å². The molecule has 0 amide bonds. The van der Waals surface area contributed by atoms with E-state index in [9.17, 15) is 13.2 Å². The van der Waals surface area contributed by atoms with Crippen molar-refractivity contribution in [2.24, 2.45) is 5.92 Å². The first kappa shape index (κ1) is 26.8. The van der Waals surface area contributed by atoms with E-state index in [1.165, 1.54) is 53.5 Å². The van der Waals surface area contributed by atoms with Gasteiger partial charge in [0, 0.05) is 12.3 Å². The van der Waals surface area contributed by atoms with E-state index >= 15 is 0 Å². The van der Waals surface area contributed by atoms with Gasteiger partial charge in [-0.1, -0.05) is 85.8 Å². The van der Waals surface area contributed by atoms with Crippen LogP contribution in [0.5, 0.6) is 0 Å². The molecule has 0 spiro atoms. The number of carbonyl (C=O) groups is 1. The van der Waals surface area contributed by atoms with Crippen LogP contribution in [0.4, 0.5) is 0 Å². The van der Waals surface area contributed by atoms with E-state index < -0.39 is 10.1 Å². The fraction of sp³-hybridized carbons (Fsp3) is 0.424. The Labute approximate surface area is 227 Å². The first-order valence-electron chi connectivity index (χ1n) is 14.1. The minimum absolute atomic E-state index is 0.146. The van der Waals surface area contributed by atoms with E-state index in [0.29, 0.717) is 18.3 Å². The van der Waals surface area contributed by atoms with Crippen LogP contribution in [0.3, 0.4) is 0 Å². The van der Waals surface area contributed by atoms with Crippen LogP contribution in [0.1, 0.15) is 86.0 Å². The summed E-state index contributed by atoms with van der Waals surface area (Å²) in [6, 6.07) is 21.9. The highest BCUT2D eigenvalue weighted by Gasteiger charge is 2.29. The van der Waals surface area contributed by atoms with Crippen molar-refractivity contribution in [3.63, 3.8) is 0 Å². The second kappa shape index (κ2) is 12.0. The molecule has 3 aromatic carbocycles. The predicted molar refractivity (Wildman–Crippen MR) is 152 cm³/mol. The standard InChI is InChI=1S/C19H18O.C14H20O3S/c20-19-11-4-3-8-17(19)16-10-5-9-15-14-7-2-1-6-13(14)12-18(15)16;1-12-7-9-14(10-8-12)18(15,16)17-11-13-5-3-2-4-6-13/h1-2,5-7,9-10,17H,3-4,8,11-12H2;7-10,13H,2-6,11H2,1H3. The van der Waals surface area contributed by atoms with Gasteiger partial charge in [-0.25, -0.2) is 0 Å². The third-order valence-electron chi connectivity index (χ3n) is 8.31. The first-order chi connectivity index (χ1) is 18.4. The van der Waals surface area contributed by atoms with Gasteiger partial charge < -0.3 is 0 Å². The molecule has 3 aliphatic rings. The van der Waals surface area contributed by atoms with Crippen molar-refractivity contribution in [2.45, 2.75) is 81.9 Å². The van der Waals surface area contributed by atoms with Gasteiger partial charge in [0.05, 0.1) is 11.5 Å². The zero-order chi connectivity index (χ0) is 26.5. The Kier molecular flexibility index (Phi) is 8.45. The second-order valence-corrected chi connectivity index (χ2v) is 12.6. The summed E-state index contributed by atoms with van der Waals surface area (Å²) in [6.45, 7) is 2.26. The highest BCUT2D eigenvalue weighted by Crippen LogP contribution is 2.42. The third kappa shape index (κ3) is 6.10. The second-order valence-electron chi connectivity index (χ2n) is 11.0. The summed E-state index contributed by atoms with van der Waals surface area (Å²) in [7, 11) is -3.58. The lowest BCUT2D eigenvalue weighted by molar-refractivity contribution is -0.121. The van der Waals surface area contributed by atoms with Crippen molar-refractivity contribution in [3.8, 4) is 11.1 Å². The fourth-order valence-electron chi connectivity index (χ4n) is 6.13. The summed E-state index contributed by atoms with van der Waals surface area (Å²) in [5.41, 5.74) is 7.83. The van der Waals surface area contributed by atoms with Crippen LogP contribution < -0.4 is 0 Å². The number of carbonyl (C=O) groups excluding carboxylic acids is 1. The van der Waals surface area contributed by atoms with Gasteiger partial charge in [-0.3, -0.25) is 8.98 Å². The molecule has 0 saturated heterocycles. The van der Waals surface area contributed by atoms with Gasteiger partial charge in [-0.2, -0.15) is 8.42 Å². The molecule has 200 valence electrons. The molecule has 0 aliphatic heterocycles. The molecule has 4 nitrogen and oxygen atoms in total. The lowest BCUT2D eigenvalue weighted by atomic mass is 9.80. The molecule has 2 saturated carbocycles. The number of hydrogen-bond acceptors (Lipinski definition) is 4. The monoisotopic (exact) mass is 530 g/mol. The highest BCUT2D eigenvalue weighted by molar-refractivity contribution is 7.86. The van der Waals surface area contributed by atoms with Crippen molar-refractivity contribution < 1.29 is 17.4 Å². The largest absolute Gasteiger partial charge is 0.299 e. The van der Waals surface area contributed by atoms with Gasteiger partial charge in [0.25, 0.3) is 10.1 Å². The zero-order valence-electron chi connectivity index (χ0n) is 22.3. The number of hydrogen-bond donors (Lipinski definition) is 0. The maximum atomic E-state index is 12.3. The topological polar surface area (TPSA) is 60.4 Å². The molecular formula is C33H38O4S. The van der Waals surface area contributed by atoms with E-state index in [-0.39, 0.29) is 10.8 Å². The van der Waals surface area contributed by atoms with Gasteiger partial charge in [-0.15, -0.1) is 0 Å². The average Bonchev–Trinajstić information content (AvgIpc) is 3.33. The highest BCUT2D eigenvalue weighted by atomic mass is 32.2. The van der Waals surface area contributed by atoms with Crippen LogP contribution in [0.2, 0.25) is 0 Å². The Hall–Kier alpha value is -2.76. The summed E-state index contributed by atoms with van der Waals surface area (Å²) in [4.78, 5) is 12.5. The summed E-state index contributed by atoms with van der Waals surface area (Å²) < 4.78 is 29.1. The Morgan fingerprint density at radius 3 is 2.26 bits per heavy atom. The smallest absolute Gasteiger partial charge is 0.296 e. The maximum absolute atomic E-state index is 12.3. The molecule has 0 heterocycles. The quantitative estimate of drug-likeness (QED) is 0.247. The van der Waals surface area contributed by atoms with Crippen molar-refractivity contribution in [1.29, 1.82) is 0 Å². The molecule has 0 aromatic heterocycles. The Bertz CT molecular complexity index is 1370. The van der Waals surface area contributed by atoms with Crippen molar-refractivity contribution in [1.82, 2.24) is 0 Å². The van der Waals surface area contributed by atoms with Crippen LogP contribution in [0.15, 0.2) is 71.6 Å². The van der Waals surface area contributed by atoms with E-state index in [1.807, 2.05) is 6.92 Å². The first-order valence-corrected chi connectivity index (χ1v) is 15.5. The Morgan fingerprint density at radius 1 is 0.789 bits per heavy atom. The fourth-order valence-corrected chi connectivity index (χ4v) is 7.11. The molecule has 38 heavy (non-hydrogen) atoms. The molecular weight excluding hydrogens is 492 g/mol. The molecule has 1 atom stereocenters. The van der Waals surface area contributed by atoms with E-state index in [4.69, 9.17) is 4.18 Å². The number of benzene rings is 3. The predicted octanol–water partition coefficient (Wildman–Crippen LogP) is 7.77. The summed E-state index contributed by atoms with van der Waals surface area (Å²) in [5.74, 6) is 0.993. The van der Waals surface area contributed by atoms with E-state index in [1.54, 1.807) is 24.3 Å². The minimum atomic E-state index is -3.58. The van der Waals surface area contributed by atoms with Crippen LogP contribution in [0.25, 0.3) is 11.1 Å². The van der Waals surface area contributed by atoms with Gasteiger partial charge in [-0.05, 0) is 84.9 Å². The van der Waals surface area contributed by atoms with Crippen LogP contribution >= 0.6 is 0 Å². The molecule has 2 fully saturated rings. The van der Waals surface area contributed by atoms with E-state index in [2.05, 4.69) is 42.5 Å². The minimum Gasteiger partial charge on any atom is -0.299 e. The Morgan fingerprint density at radius 2 is 1.50 bits per heavy atom. The number of aryl methyl sites for hydroxylation is 1. The summed E-state index contributed by atoms with van der Waals surface area (Å²) in [5, 5.41) is 0. The number of Topliss-reactive ketones (excluding diaryl/α,β-unsaturated/α-hetero) is 1. The molecule has 0 bridgehead atoms. The van der Waals surface area contributed by atoms with Gasteiger partial charge in [0.1, 0.15) is 5.78 Å². The molecule has 6 rings (SSSR count). The van der Waals surface area contributed by atoms with Crippen LogP contribution in [-0.2, 0) is 25.5 Å². The molecule has 0 N–H and O–H groups in total. The van der Waals surface area contributed by atoms with Gasteiger partial charge in [0.15, 0.2) is 0 Å². The maximum Gasteiger partial charge on any atom is 0.296 e. The van der Waals surface area contributed by atoms with Crippen molar-refractivity contribution in [2.75, 3.05) is 6.61 Å². The number of fused-ring (bicyclic) bond motifs is 3. The normalized spacial score (nSPS) is 19.3. The molecule has 3 aromatic rings. The molecule has 0 radical (unpaired) electrons. The number of rotatable bonds is 5. The SMILES string of the molecule is Cc1ccc(S(=O)(=O)OCC2CCCCC2)cc1.O=C1CCCCC1c1cccc2c1Cc1ccccc1-2. The molecule has 1 unspecified atom stereocenters. The molecule has 3 aliphatic carbocycles.